The van der Waals surface area contributed by atoms with Gasteiger partial charge in [0.1, 0.15) is 5.82 Å². The van der Waals surface area contributed by atoms with Crippen molar-refractivity contribution in [1.29, 1.82) is 0 Å². The fraction of sp³-hybridized carbons (Fsp3) is 0.643. The van der Waals surface area contributed by atoms with Crippen molar-refractivity contribution in [3.05, 3.63) is 18.3 Å². The number of ether oxygens (including phenoxy) is 1. The number of aromatic nitrogens is 1. The van der Waals surface area contributed by atoms with Gasteiger partial charge >= 0.3 is 0 Å². The summed E-state index contributed by atoms with van der Waals surface area (Å²) in [4.78, 5) is 4.31. The fourth-order valence-corrected chi connectivity index (χ4v) is 2.39. The first-order valence-electron chi connectivity index (χ1n) is 6.81. The zero-order valence-electron chi connectivity index (χ0n) is 11.3. The van der Waals surface area contributed by atoms with Gasteiger partial charge in [-0.3, -0.25) is 0 Å². The van der Waals surface area contributed by atoms with Gasteiger partial charge < -0.3 is 15.4 Å². The largest absolute Gasteiger partial charge is 0.382 e. The van der Waals surface area contributed by atoms with Crippen molar-refractivity contribution in [2.45, 2.75) is 44.8 Å². The summed E-state index contributed by atoms with van der Waals surface area (Å²) in [5.41, 5.74) is 1.14. The molecule has 18 heavy (non-hydrogen) atoms. The maximum atomic E-state index is 5.39. The molecule has 1 fully saturated rings. The first kappa shape index (κ1) is 13.1. The quantitative estimate of drug-likeness (QED) is 0.814. The van der Waals surface area contributed by atoms with Crippen LogP contribution in [0.1, 0.15) is 32.6 Å². The summed E-state index contributed by atoms with van der Waals surface area (Å²) in [5.74, 6) is 0.947. The Balaban J connectivity index is 1.89. The predicted molar refractivity (Wildman–Crippen MR) is 75.1 cm³/mol. The molecule has 2 N–H and O–H groups in total. The average molecular weight is 249 g/mol. The lowest BCUT2D eigenvalue weighted by Crippen LogP contribution is -2.17. The van der Waals surface area contributed by atoms with Gasteiger partial charge in [0.15, 0.2) is 0 Å². The molecule has 0 amide bonds. The van der Waals surface area contributed by atoms with E-state index in [4.69, 9.17) is 4.74 Å². The Morgan fingerprint density at radius 2 is 2.33 bits per heavy atom. The molecule has 2 rings (SSSR count). The third-order valence-corrected chi connectivity index (χ3v) is 3.40. The van der Waals surface area contributed by atoms with E-state index in [-0.39, 0.29) is 0 Å². The maximum Gasteiger partial charge on any atom is 0.127 e. The van der Waals surface area contributed by atoms with Crippen LogP contribution in [0.2, 0.25) is 0 Å². The zero-order chi connectivity index (χ0) is 12.8. The van der Waals surface area contributed by atoms with Gasteiger partial charge in [-0.2, -0.15) is 0 Å². The van der Waals surface area contributed by atoms with E-state index in [0.717, 1.165) is 37.3 Å². The van der Waals surface area contributed by atoms with Crippen molar-refractivity contribution in [1.82, 2.24) is 4.98 Å². The second-order valence-corrected chi connectivity index (χ2v) is 4.87. The molecule has 4 heteroatoms. The third-order valence-electron chi connectivity index (χ3n) is 3.40. The Labute approximate surface area is 109 Å². The zero-order valence-corrected chi connectivity index (χ0v) is 11.3. The molecule has 1 aromatic heterocycles. The molecule has 100 valence electrons. The summed E-state index contributed by atoms with van der Waals surface area (Å²) in [7, 11) is 1.80. The van der Waals surface area contributed by atoms with E-state index in [1.54, 1.807) is 7.11 Å². The van der Waals surface area contributed by atoms with E-state index >= 15 is 0 Å². The van der Waals surface area contributed by atoms with Crippen LogP contribution in [-0.4, -0.2) is 30.8 Å². The van der Waals surface area contributed by atoms with Crippen LogP contribution in [0.5, 0.6) is 0 Å². The van der Waals surface area contributed by atoms with E-state index < -0.39 is 0 Å². The summed E-state index contributed by atoms with van der Waals surface area (Å²) in [5, 5.41) is 6.87. The lowest BCUT2D eigenvalue weighted by atomic mass is 10.2. The van der Waals surface area contributed by atoms with Crippen LogP contribution in [0.4, 0.5) is 11.5 Å². The van der Waals surface area contributed by atoms with E-state index in [9.17, 15) is 0 Å². The number of rotatable bonds is 6. The minimum atomic E-state index is 0.419. The van der Waals surface area contributed by atoms with Crippen molar-refractivity contribution < 1.29 is 4.74 Å². The Morgan fingerprint density at radius 3 is 3.06 bits per heavy atom. The second kappa shape index (κ2) is 6.59. The van der Waals surface area contributed by atoms with Gasteiger partial charge in [0.2, 0.25) is 0 Å². The summed E-state index contributed by atoms with van der Waals surface area (Å²) < 4.78 is 5.39. The van der Waals surface area contributed by atoms with Crippen LogP contribution < -0.4 is 10.6 Å². The highest BCUT2D eigenvalue weighted by Crippen LogP contribution is 2.25. The van der Waals surface area contributed by atoms with Gasteiger partial charge in [-0.1, -0.05) is 6.92 Å². The van der Waals surface area contributed by atoms with E-state index in [0.29, 0.717) is 12.1 Å². The van der Waals surface area contributed by atoms with Gasteiger partial charge in [0, 0.05) is 37.6 Å². The maximum absolute atomic E-state index is 5.39. The molecule has 2 atom stereocenters. The van der Waals surface area contributed by atoms with Crippen molar-refractivity contribution in [2.75, 3.05) is 24.3 Å². The fourth-order valence-electron chi connectivity index (χ4n) is 2.39. The van der Waals surface area contributed by atoms with Crippen molar-refractivity contribution in [2.24, 2.45) is 0 Å². The molecule has 4 nitrogen and oxygen atoms in total. The standard InChI is InChI=1S/C14H23N3O/c1-3-7-15-14-10-12(6-8-16-14)17-11-4-5-13(9-11)18-2/h6,8,10-11,13H,3-5,7,9H2,1-2H3,(H2,15,16,17). The van der Waals surface area contributed by atoms with E-state index in [1.165, 1.54) is 6.42 Å². The highest BCUT2D eigenvalue weighted by molar-refractivity contribution is 5.52. The monoisotopic (exact) mass is 249 g/mol. The van der Waals surface area contributed by atoms with Crippen LogP contribution >= 0.6 is 0 Å². The molecular weight excluding hydrogens is 226 g/mol. The van der Waals surface area contributed by atoms with Crippen molar-refractivity contribution in [3.8, 4) is 0 Å². The lowest BCUT2D eigenvalue weighted by molar-refractivity contribution is 0.108. The number of methoxy groups -OCH3 is 1. The van der Waals surface area contributed by atoms with Gasteiger partial charge in [-0.25, -0.2) is 4.98 Å². The van der Waals surface area contributed by atoms with E-state index in [1.807, 2.05) is 12.3 Å². The van der Waals surface area contributed by atoms with Gasteiger partial charge in [-0.05, 0) is 31.7 Å². The SMILES string of the molecule is CCCNc1cc(NC2CCC(OC)C2)ccn1. The van der Waals surface area contributed by atoms with Gasteiger partial charge in [0.25, 0.3) is 0 Å². The van der Waals surface area contributed by atoms with Crippen LogP contribution in [0.3, 0.4) is 0 Å². The van der Waals surface area contributed by atoms with Crippen molar-refractivity contribution in [3.63, 3.8) is 0 Å². The van der Waals surface area contributed by atoms with Crippen LogP contribution in [0, 0.1) is 0 Å². The smallest absolute Gasteiger partial charge is 0.127 e. The topological polar surface area (TPSA) is 46.2 Å². The van der Waals surface area contributed by atoms with Gasteiger partial charge in [0.05, 0.1) is 6.10 Å². The van der Waals surface area contributed by atoms with E-state index in [2.05, 4.69) is 28.6 Å². The number of anilines is 2. The number of nitrogens with one attached hydrogen (secondary N) is 2. The second-order valence-electron chi connectivity index (χ2n) is 4.87. The average Bonchev–Trinajstić information content (AvgIpc) is 2.84. The molecule has 0 aliphatic heterocycles. The highest BCUT2D eigenvalue weighted by atomic mass is 16.5. The lowest BCUT2D eigenvalue weighted by Gasteiger charge is -2.15. The van der Waals surface area contributed by atoms with Crippen molar-refractivity contribution >= 4 is 11.5 Å². The molecule has 1 aliphatic carbocycles. The Bertz CT molecular complexity index is 370. The predicted octanol–water partition coefficient (Wildman–Crippen LogP) is 2.88. The molecule has 1 heterocycles. The summed E-state index contributed by atoms with van der Waals surface area (Å²) in [6.07, 6.45) is 6.80. The molecule has 0 radical (unpaired) electrons. The van der Waals surface area contributed by atoms with Crippen LogP contribution in [0.25, 0.3) is 0 Å². The molecule has 0 spiro atoms. The first-order chi connectivity index (χ1) is 8.81. The number of nitrogens with zero attached hydrogens (tertiary/aromatic N) is 1. The Morgan fingerprint density at radius 1 is 1.44 bits per heavy atom. The summed E-state index contributed by atoms with van der Waals surface area (Å²) in [6.45, 7) is 3.12. The summed E-state index contributed by atoms with van der Waals surface area (Å²) >= 11 is 0. The highest BCUT2D eigenvalue weighted by Gasteiger charge is 2.24. The molecule has 1 aromatic rings. The Kier molecular flexibility index (Phi) is 4.81. The molecule has 1 aliphatic rings. The molecular formula is C14H23N3O. The number of hydrogen-bond acceptors (Lipinski definition) is 4. The molecule has 0 saturated heterocycles. The normalized spacial score (nSPS) is 23.0. The molecule has 1 saturated carbocycles. The minimum absolute atomic E-state index is 0.419. The third kappa shape index (κ3) is 3.60. The van der Waals surface area contributed by atoms with Crippen LogP contribution in [0.15, 0.2) is 18.3 Å². The Hall–Kier alpha value is -1.29. The van der Waals surface area contributed by atoms with Crippen LogP contribution in [-0.2, 0) is 4.74 Å². The first-order valence-corrected chi connectivity index (χ1v) is 6.81. The van der Waals surface area contributed by atoms with Gasteiger partial charge in [-0.15, -0.1) is 0 Å². The summed E-state index contributed by atoms with van der Waals surface area (Å²) in [6, 6.07) is 4.63. The molecule has 0 aromatic carbocycles. The molecule has 0 bridgehead atoms. The number of hydrogen-bond donors (Lipinski definition) is 2. The number of pyridine rings is 1. The molecule has 2 unspecified atom stereocenters. The minimum Gasteiger partial charge on any atom is -0.382 e.